The minimum atomic E-state index is -1.32. The molecule has 0 amide bonds. The van der Waals surface area contributed by atoms with Crippen LogP contribution in [-0.4, -0.2) is 25.9 Å². The molecule has 0 atom stereocenters. The molecule has 0 aliphatic heterocycles. The lowest BCUT2D eigenvalue weighted by molar-refractivity contribution is -0.0865. The molecule has 0 aromatic rings. The van der Waals surface area contributed by atoms with Gasteiger partial charge in [-0.2, -0.15) is 0 Å². The van der Waals surface area contributed by atoms with Crippen molar-refractivity contribution in [2.24, 2.45) is 0 Å². The normalized spacial score (nSPS) is 12.5. The van der Waals surface area contributed by atoms with Crippen LogP contribution in [-0.2, 0) is 0 Å². The highest BCUT2D eigenvalue weighted by molar-refractivity contribution is 6.12. The molecule has 0 saturated heterocycles. The van der Waals surface area contributed by atoms with E-state index in [9.17, 15) is 0 Å². The zero-order valence-electron chi connectivity index (χ0n) is 4.10. The standard InChI is InChI=1S/C3H10O2Si/c1-2-3(4,5)6/h4-5H,2H2,1,6H3. The van der Waals surface area contributed by atoms with E-state index in [0.29, 0.717) is 16.7 Å². The predicted octanol–water partition coefficient (Wildman–Crippen LogP) is -1.60. The third-order valence-electron chi connectivity index (χ3n) is 0.670. The number of hydrogen-bond acceptors (Lipinski definition) is 2. The highest BCUT2D eigenvalue weighted by atomic mass is 28.1. The lowest BCUT2D eigenvalue weighted by atomic mass is 10.5. The van der Waals surface area contributed by atoms with Crippen LogP contribution in [0.4, 0.5) is 0 Å². The van der Waals surface area contributed by atoms with Gasteiger partial charge < -0.3 is 10.2 Å². The zero-order valence-corrected chi connectivity index (χ0v) is 6.10. The predicted molar refractivity (Wildman–Crippen MR) is 27.4 cm³/mol. The summed E-state index contributed by atoms with van der Waals surface area (Å²) in [4.78, 5) is 0. The Balaban J connectivity index is 3.17. The molecule has 0 saturated carbocycles. The second kappa shape index (κ2) is 1.73. The molecule has 0 bridgehead atoms. The highest BCUT2D eigenvalue weighted by Gasteiger charge is 2.08. The van der Waals surface area contributed by atoms with Gasteiger partial charge in [0, 0.05) is 0 Å². The summed E-state index contributed by atoms with van der Waals surface area (Å²) in [5, 5.41) is 16.9. The van der Waals surface area contributed by atoms with E-state index >= 15 is 0 Å². The van der Waals surface area contributed by atoms with Gasteiger partial charge in [-0.1, -0.05) is 6.92 Å². The zero-order chi connectivity index (χ0) is 5.21. The van der Waals surface area contributed by atoms with Gasteiger partial charge in [0.15, 0.2) is 0 Å². The molecule has 0 aliphatic carbocycles. The monoisotopic (exact) mass is 106 g/mol. The van der Waals surface area contributed by atoms with Gasteiger partial charge in [0.2, 0.25) is 0 Å². The van der Waals surface area contributed by atoms with Crippen LogP contribution in [0.1, 0.15) is 13.3 Å². The molecule has 0 aliphatic rings. The summed E-state index contributed by atoms with van der Waals surface area (Å²) in [5.74, 6) is 0. The van der Waals surface area contributed by atoms with Gasteiger partial charge in [0.1, 0.15) is 5.41 Å². The Bertz CT molecular complexity index is 38.5. The van der Waals surface area contributed by atoms with E-state index in [-0.39, 0.29) is 0 Å². The van der Waals surface area contributed by atoms with E-state index in [1.54, 1.807) is 6.92 Å². The van der Waals surface area contributed by atoms with Crippen molar-refractivity contribution < 1.29 is 10.2 Å². The van der Waals surface area contributed by atoms with Crippen molar-refractivity contribution in [2.75, 3.05) is 0 Å². The summed E-state index contributed by atoms with van der Waals surface area (Å²) < 4.78 is 0. The molecule has 2 N–H and O–H groups in total. The Kier molecular flexibility index (Phi) is 1.77. The second-order valence-electron chi connectivity index (χ2n) is 1.57. The van der Waals surface area contributed by atoms with Gasteiger partial charge in [0.25, 0.3) is 0 Å². The Morgan fingerprint density at radius 3 is 1.83 bits per heavy atom. The molecule has 0 unspecified atom stereocenters. The molecule has 38 valence electrons. The van der Waals surface area contributed by atoms with Crippen LogP contribution in [0.5, 0.6) is 0 Å². The summed E-state index contributed by atoms with van der Waals surface area (Å²) in [6.07, 6.45) is 0.444. The quantitative estimate of drug-likeness (QED) is 0.312. The first kappa shape index (κ1) is 6.14. The summed E-state index contributed by atoms with van der Waals surface area (Å²) in [7, 11) is 0.440. The van der Waals surface area contributed by atoms with Gasteiger partial charge in [-0.15, -0.1) is 0 Å². The van der Waals surface area contributed by atoms with Crippen LogP contribution in [0.3, 0.4) is 0 Å². The van der Waals surface area contributed by atoms with Crippen LogP contribution in [0.15, 0.2) is 0 Å². The fourth-order valence-electron chi connectivity index (χ4n) is 0. The van der Waals surface area contributed by atoms with Gasteiger partial charge in [-0.25, -0.2) is 0 Å². The van der Waals surface area contributed by atoms with Crippen LogP contribution < -0.4 is 0 Å². The van der Waals surface area contributed by atoms with Crippen LogP contribution >= 0.6 is 0 Å². The third-order valence-corrected chi connectivity index (χ3v) is 1.38. The van der Waals surface area contributed by atoms with Crippen molar-refractivity contribution in [3.05, 3.63) is 0 Å². The van der Waals surface area contributed by atoms with E-state index in [1.807, 2.05) is 0 Å². The molecular weight excluding hydrogens is 96.1 g/mol. The van der Waals surface area contributed by atoms with E-state index < -0.39 is 5.41 Å². The molecule has 0 heterocycles. The maximum absolute atomic E-state index is 8.44. The van der Waals surface area contributed by atoms with Gasteiger partial charge in [-0.3, -0.25) is 0 Å². The van der Waals surface area contributed by atoms with Gasteiger partial charge in [0.05, 0.1) is 10.2 Å². The van der Waals surface area contributed by atoms with Gasteiger partial charge in [-0.05, 0) is 6.42 Å². The van der Waals surface area contributed by atoms with Crippen molar-refractivity contribution in [2.45, 2.75) is 18.8 Å². The lowest BCUT2D eigenvalue weighted by Gasteiger charge is -2.10. The molecule has 0 spiro atoms. The second-order valence-corrected chi connectivity index (χ2v) is 3.17. The maximum atomic E-state index is 8.44. The van der Waals surface area contributed by atoms with E-state index in [0.717, 1.165) is 0 Å². The summed E-state index contributed by atoms with van der Waals surface area (Å²) in [6, 6.07) is 0. The first-order valence-corrected chi connectivity index (χ1v) is 3.01. The molecular formula is C3H10O2Si. The van der Waals surface area contributed by atoms with Crippen molar-refractivity contribution >= 4 is 10.2 Å². The van der Waals surface area contributed by atoms with Crippen LogP contribution in [0.2, 0.25) is 0 Å². The fraction of sp³-hybridized carbons (Fsp3) is 1.00. The molecule has 3 heteroatoms. The van der Waals surface area contributed by atoms with Crippen molar-refractivity contribution in [3.8, 4) is 0 Å². The first-order chi connectivity index (χ1) is 2.56. The molecule has 0 rings (SSSR count). The Hall–Kier alpha value is 0.137. The largest absolute Gasteiger partial charge is 0.370 e. The smallest absolute Gasteiger partial charge is 0.135 e. The Morgan fingerprint density at radius 2 is 1.83 bits per heavy atom. The third kappa shape index (κ3) is 4.14. The number of hydrogen-bond donors (Lipinski definition) is 2. The Morgan fingerprint density at radius 1 is 1.67 bits per heavy atom. The van der Waals surface area contributed by atoms with E-state index in [2.05, 4.69) is 0 Å². The maximum Gasteiger partial charge on any atom is 0.135 e. The average molecular weight is 106 g/mol. The molecule has 0 aromatic carbocycles. The summed E-state index contributed by atoms with van der Waals surface area (Å²) >= 11 is 0. The SMILES string of the molecule is CCC(O)(O)[SiH3]. The van der Waals surface area contributed by atoms with Crippen LogP contribution in [0, 0.1) is 0 Å². The van der Waals surface area contributed by atoms with Crippen molar-refractivity contribution in [1.82, 2.24) is 0 Å². The minimum absolute atomic E-state index is 0.440. The number of aliphatic hydroxyl groups is 2. The van der Waals surface area contributed by atoms with Crippen molar-refractivity contribution in [3.63, 3.8) is 0 Å². The molecule has 0 aromatic heterocycles. The van der Waals surface area contributed by atoms with Crippen LogP contribution in [0.25, 0.3) is 0 Å². The van der Waals surface area contributed by atoms with E-state index in [1.165, 1.54) is 0 Å². The highest BCUT2D eigenvalue weighted by Crippen LogP contribution is 1.94. The lowest BCUT2D eigenvalue weighted by Crippen LogP contribution is -2.26. The van der Waals surface area contributed by atoms with Crippen molar-refractivity contribution in [1.29, 1.82) is 0 Å². The fourth-order valence-corrected chi connectivity index (χ4v) is 0. The number of rotatable bonds is 1. The summed E-state index contributed by atoms with van der Waals surface area (Å²) in [6.45, 7) is 1.74. The molecule has 0 radical (unpaired) electrons. The molecule has 0 fully saturated rings. The van der Waals surface area contributed by atoms with E-state index in [4.69, 9.17) is 10.2 Å². The molecule has 6 heavy (non-hydrogen) atoms. The Labute approximate surface area is 40.2 Å². The minimum Gasteiger partial charge on any atom is -0.370 e. The topological polar surface area (TPSA) is 40.5 Å². The summed E-state index contributed by atoms with van der Waals surface area (Å²) in [5.41, 5.74) is -1.32. The molecule has 2 nitrogen and oxygen atoms in total. The first-order valence-electron chi connectivity index (χ1n) is 2.01. The average Bonchev–Trinajstić information content (AvgIpc) is 1.35. The van der Waals surface area contributed by atoms with Gasteiger partial charge >= 0.3 is 0 Å².